The topological polar surface area (TPSA) is 12.0 Å². The highest BCUT2D eigenvalue weighted by atomic mass is 19.4. The Bertz CT molecular complexity index is 387. The summed E-state index contributed by atoms with van der Waals surface area (Å²) in [4.78, 5) is 0. The smallest absolute Gasteiger partial charge is 0.316 e. The molecular formula is C13H14F3N. The summed E-state index contributed by atoms with van der Waals surface area (Å²) >= 11 is 0. The van der Waals surface area contributed by atoms with Crippen LogP contribution in [0.2, 0.25) is 0 Å². The molecule has 0 amide bonds. The minimum absolute atomic E-state index is 0.0942. The maximum Gasteiger partial charge on any atom is 0.416 e. The lowest BCUT2D eigenvalue weighted by molar-refractivity contribution is -0.137. The van der Waals surface area contributed by atoms with Gasteiger partial charge in [-0.15, -0.1) is 12.3 Å². The van der Waals surface area contributed by atoms with Gasteiger partial charge in [0.1, 0.15) is 0 Å². The van der Waals surface area contributed by atoms with Crippen LogP contribution >= 0.6 is 0 Å². The molecule has 0 saturated heterocycles. The molecule has 0 saturated carbocycles. The fourth-order valence-corrected chi connectivity index (χ4v) is 1.53. The normalized spacial score (nSPS) is 13.1. The van der Waals surface area contributed by atoms with E-state index in [0.29, 0.717) is 12.8 Å². The quantitative estimate of drug-likeness (QED) is 0.799. The van der Waals surface area contributed by atoms with Crippen molar-refractivity contribution in [3.05, 3.63) is 35.4 Å². The van der Waals surface area contributed by atoms with Crippen LogP contribution in [0.3, 0.4) is 0 Å². The van der Waals surface area contributed by atoms with Crippen molar-refractivity contribution < 1.29 is 13.2 Å². The van der Waals surface area contributed by atoms with Gasteiger partial charge < -0.3 is 5.32 Å². The minimum atomic E-state index is -4.28. The van der Waals surface area contributed by atoms with Crippen LogP contribution in [-0.4, -0.2) is 13.1 Å². The van der Waals surface area contributed by atoms with Crippen molar-refractivity contribution in [2.24, 2.45) is 0 Å². The molecule has 4 heteroatoms. The number of nitrogens with one attached hydrogen (secondary N) is 1. The van der Waals surface area contributed by atoms with E-state index in [1.807, 2.05) is 0 Å². The third-order valence-electron chi connectivity index (χ3n) is 2.54. The standard InChI is InChI=1S/C13H14F3N/c1-3-4-12(17-2)9-10-5-7-11(8-6-10)13(14,15)16/h1,5-8,12,17H,4,9H2,2H3. The van der Waals surface area contributed by atoms with Gasteiger partial charge in [-0.25, -0.2) is 0 Å². The van der Waals surface area contributed by atoms with Gasteiger partial charge in [0.2, 0.25) is 0 Å². The average Bonchev–Trinajstić information content (AvgIpc) is 2.28. The molecule has 0 aliphatic carbocycles. The molecule has 1 aromatic rings. The number of rotatable bonds is 4. The molecule has 0 aromatic heterocycles. The molecule has 1 unspecified atom stereocenters. The van der Waals surface area contributed by atoms with E-state index in [9.17, 15) is 13.2 Å². The van der Waals surface area contributed by atoms with Crippen molar-refractivity contribution in [2.45, 2.75) is 25.1 Å². The van der Waals surface area contributed by atoms with Crippen molar-refractivity contribution in [3.63, 3.8) is 0 Å². The number of benzene rings is 1. The van der Waals surface area contributed by atoms with Crippen LogP contribution in [0, 0.1) is 12.3 Å². The van der Waals surface area contributed by atoms with E-state index in [0.717, 1.165) is 17.7 Å². The molecule has 1 atom stereocenters. The van der Waals surface area contributed by atoms with Crippen molar-refractivity contribution in [1.29, 1.82) is 0 Å². The number of halogens is 3. The lowest BCUT2D eigenvalue weighted by Gasteiger charge is -2.13. The zero-order valence-corrected chi connectivity index (χ0v) is 9.51. The summed E-state index contributed by atoms with van der Waals surface area (Å²) in [6.45, 7) is 0. The van der Waals surface area contributed by atoms with E-state index in [1.165, 1.54) is 12.1 Å². The van der Waals surface area contributed by atoms with Gasteiger partial charge in [-0.1, -0.05) is 12.1 Å². The second kappa shape index (κ2) is 5.74. The lowest BCUT2D eigenvalue weighted by Crippen LogP contribution is -2.26. The fraction of sp³-hybridized carbons (Fsp3) is 0.385. The number of hydrogen-bond donors (Lipinski definition) is 1. The second-order valence-corrected chi connectivity index (χ2v) is 3.79. The van der Waals surface area contributed by atoms with E-state index in [-0.39, 0.29) is 6.04 Å². The molecule has 0 heterocycles. The summed E-state index contributed by atoms with van der Waals surface area (Å²) in [6, 6.07) is 5.26. The summed E-state index contributed by atoms with van der Waals surface area (Å²) in [6.07, 6.45) is 2.10. The third kappa shape index (κ3) is 4.12. The van der Waals surface area contributed by atoms with Crippen LogP contribution in [0.15, 0.2) is 24.3 Å². The summed E-state index contributed by atoms with van der Waals surface area (Å²) in [5.74, 6) is 2.53. The average molecular weight is 241 g/mol. The summed E-state index contributed by atoms with van der Waals surface area (Å²) in [5, 5.41) is 3.03. The molecule has 0 spiro atoms. The van der Waals surface area contributed by atoms with Gasteiger partial charge in [-0.05, 0) is 31.2 Å². The molecule has 0 fully saturated rings. The Morgan fingerprint density at radius 1 is 1.29 bits per heavy atom. The zero-order valence-electron chi connectivity index (χ0n) is 9.51. The first-order valence-electron chi connectivity index (χ1n) is 5.24. The van der Waals surface area contributed by atoms with Crippen molar-refractivity contribution in [1.82, 2.24) is 5.32 Å². The molecule has 0 radical (unpaired) electrons. The SMILES string of the molecule is C#CCC(Cc1ccc(C(F)(F)F)cc1)NC. The molecule has 92 valence electrons. The Balaban J connectivity index is 2.72. The first kappa shape index (κ1) is 13.6. The zero-order chi connectivity index (χ0) is 12.9. The molecule has 1 aromatic carbocycles. The minimum Gasteiger partial charge on any atom is -0.316 e. The molecule has 1 N–H and O–H groups in total. The van der Waals surface area contributed by atoms with E-state index in [1.54, 1.807) is 7.05 Å². The number of likely N-dealkylation sites (N-methyl/N-ethyl adjacent to an activating group) is 1. The summed E-state index contributed by atoms with van der Waals surface area (Å²) in [5.41, 5.74) is 0.215. The maximum atomic E-state index is 12.3. The first-order chi connectivity index (χ1) is 7.97. The van der Waals surface area contributed by atoms with Gasteiger partial charge in [0.25, 0.3) is 0 Å². The summed E-state index contributed by atoms with van der Waals surface area (Å²) < 4.78 is 37.0. The predicted octanol–water partition coefficient (Wildman–Crippen LogP) is 2.86. The summed E-state index contributed by atoms with van der Waals surface area (Å²) in [7, 11) is 1.78. The van der Waals surface area contributed by atoms with Crippen LogP contribution in [0.25, 0.3) is 0 Å². The molecule has 1 rings (SSSR count). The Morgan fingerprint density at radius 3 is 2.29 bits per heavy atom. The highest BCUT2D eigenvalue weighted by Gasteiger charge is 2.29. The fourth-order valence-electron chi connectivity index (χ4n) is 1.53. The van der Waals surface area contributed by atoms with Crippen LogP contribution in [-0.2, 0) is 12.6 Å². The molecule has 1 nitrogen and oxygen atoms in total. The Labute approximate surface area is 99.0 Å². The molecule has 0 aliphatic heterocycles. The van der Waals surface area contributed by atoms with Crippen molar-refractivity contribution in [2.75, 3.05) is 7.05 Å². The first-order valence-corrected chi connectivity index (χ1v) is 5.24. The molecule has 0 bridgehead atoms. The van der Waals surface area contributed by atoms with Gasteiger partial charge in [-0.3, -0.25) is 0 Å². The predicted molar refractivity (Wildman–Crippen MR) is 61.4 cm³/mol. The Kier molecular flexibility index (Phi) is 4.59. The second-order valence-electron chi connectivity index (χ2n) is 3.79. The van der Waals surface area contributed by atoms with E-state index >= 15 is 0 Å². The van der Waals surface area contributed by atoms with E-state index < -0.39 is 11.7 Å². The van der Waals surface area contributed by atoms with Crippen molar-refractivity contribution >= 4 is 0 Å². The van der Waals surface area contributed by atoms with Crippen molar-refractivity contribution in [3.8, 4) is 12.3 Å². The number of hydrogen-bond acceptors (Lipinski definition) is 1. The van der Waals surface area contributed by atoms with Gasteiger partial charge in [0, 0.05) is 12.5 Å². The number of terminal acetylenes is 1. The van der Waals surface area contributed by atoms with Gasteiger partial charge in [0.05, 0.1) is 5.56 Å². The van der Waals surface area contributed by atoms with Gasteiger partial charge in [0.15, 0.2) is 0 Å². The van der Waals surface area contributed by atoms with Crippen LogP contribution in [0.1, 0.15) is 17.5 Å². The highest BCUT2D eigenvalue weighted by Crippen LogP contribution is 2.29. The van der Waals surface area contributed by atoms with Crippen LogP contribution < -0.4 is 5.32 Å². The largest absolute Gasteiger partial charge is 0.416 e. The molecule has 17 heavy (non-hydrogen) atoms. The molecular weight excluding hydrogens is 227 g/mol. The Hall–Kier alpha value is -1.47. The monoisotopic (exact) mass is 241 g/mol. The van der Waals surface area contributed by atoms with E-state index in [4.69, 9.17) is 6.42 Å². The van der Waals surface area contributed by atoms with Gasteiger partial charge >= 0.3 is 6.18 Å². The van der Waals surface area contributed by atoms with Crippen LogP contribution in [0.5, 0.6) is 0 Å². The highest BCUT2D eigenvalue weighted by molar-refractivity contribution is 5.25. The van der Waals surface area contributed by atoms with Gasteiger partial charge in [-0.2, -0.15) is 13.2 Å². The van der Waals surface area contributed by atoms with E-state index in [2.05, 4.69) is 11.2 Å². The molecule has 0 aliphatic rings. The maximum absolute atomic E-state index is 12.3. The third-order valence-corrected chi connectivity index (χ3v) is 2.54. The van der Waals surface area contributed by atoms with Crippen LogP contribution in [0.4, 0.5) is 13.2 Å². The number of alkyl halides is 3. The Morgan fingerprint density at radius 2 is 1.88 bits per heavy atom. The lowest BCUT2D eigenvalue weighted by atomic mass is 10.0.